The molecule has 2 aromatic rings. The van der Waals surface area contributed by atoms with Crippen molar-refractivity contribution in [3.8, 4) is 0 Å². The van der Waals surface area contributed by atoms with Gasteiger partial charge in [0.1, 0.15) is 17.6 Å². The second kappa shape index (κ2) is 10.2. The quantitative estimate of drug-likeness (QED) is 0.670. The van der Waals surface area contributed by atoms with Crippen LogP contribution in [0.15, 0.2) is 58.9 Å². The van der Waals surface area contributed by atoms with Crippen LogP contribution in [0.1, 0.15) is 24.2 Å². The molecule has 1 aromatic heterocycles. The Balaban J connectivity index is 1.82. The lowest BCUT2D eigenvalue weighted by Gasteiger charge is -2.32. The Kier molecular flexibility index (Phi) is 7.14. The number of aliphatic imine (C=N–C) groups is 1. The zero-order chi connectivity index (χ0) is 22.5. The molecule has 32 heavy (non-hydrogen) atoms. The van der Waals surface area contributed by atoms with E-state index in [2.05, 4.69) is 15.2 Å². The summed E-state index contributed by atoms with van der Waals surface area (Å²) in [5, 5.41) is 3.49. The number of carbonyl (C=O) groups excluding carboxylic acids is 1. The van der Waals surface area contributed by atoms with Crippen molar-refractivity contribution in [3.63, 3.8) is 0 Å². The van der Waals surface area contributed by atoms with Gasteiger partial charge < -0.3 is 14.8 Å². The molecule has 0 aliphatic carbocycles. The number of hydrogen-bond acceptors (Lipinski definition) is 7. The second-order valence-corrected chi connectivity index (χ2v) is 7.79. The molecule has 1 N–H and O–H groups in total. The molecule has 9 heteroatoms. The third kappa shape index (κ3) is 4.98. The molecule has 3 heterocycles. The molecule has 1 aromatic carbocycles. The van der Waals surface area contributed by atoms with Gasteiger partial charge in [0.05, 0.1) is 25.4 Å². The number of morpholine rings is 1. The number of pyridine rings is 1. The maximum atomic E-state index is 13.8. The molecule has 1 unspecified atom stereocenters. The van der Waals surface area contributed by atoms with Gasteiger partial charge in [0.15, 0.2) is 5.84 Å². The Bertz CT molecular complexity index is 1040. The van der Waals surface area contributed by atoms with E-state index in [-0.39, 0.29) is 11.6 Å². The number of benzene rings is 1. The maximum Gasteiger partial charge on any atom is 0.338 e. The molecular weight excluding hydrogens is 435 g/mol. The summed E-state index contributed by atoms with van der Waals surface area (Å²) in [5.41, 5.74) is 2.15. The maximum absolute atomic E-state index is 13.8. The number of aromatic nitrogens is 1. The average molecular weight is 459 g/mol. The molecule has 2 aliphatic heterocycles. The number of nitrogens with one attached hydrogen (secondary N) is 1. The number of halogens is 2. The Morgan fingerprint density at radius 3 is 2.81 bits per heavy atom. The SMILES string of the molecule is CCOC(=O)C1=C(CN2CCOCC2)NC(c2ccccn2)=NC1c1ccc(F)cc1Cl. The summed E-state index contributed by atoms with van der Waals surface area (Å²) in [4.78, 5) is 24.5. The minimum atomic E-state index is -0.767. The van der Waals surface area contributed by atoms with Gasteiger partial charge >= 0.3 is 5.97 Å². The first kappa shape index (κ1) is 22.4. The molecule has 0 bridgehead atoms. The monoisotopic (exact) mass is 458 g/mol. The van der Waals surface area contributed by atoms with E-state index < -0.39 is 17.8 Å². The number of rotatable bonds is 6. The lowest BCUT2D eigenvalue weighted by Crippen LogP contribution is -2.43. The third-order valence-electron chi connectivity index (χ3n) is 5.27. The van der Waals surface area contributed by atoms with Gasteiger partial charge in [-0.05, 0) is 31.2 Å². The van der Waals surface area contributed by atoms with E-state index in [0.29, 0.717) is 48.1 Å². The predicted molar refractivity (Wildman–Crippen MR) is 119 cm³/mol. The van der Waals surface area contributed by atoms with Gasteiger partial charge in [-0.15, -0.1) is 0 Å². The Labute approximate surface area is 190 Å². The van der Waals surface area contributed by atoms with Crippen molar-refractivity contribution >= 4 is 23.4 Å². The van der Waals surface area contributed by atoms with Crippen LogP contribution >= 0.6 is 11.6 Å². The molecule has 2 aliphatic rings. The fourth-order valence-corrected chi connectivity index (χ4v) is 4.00. The van der Waals surface area contributed by atoms with Crippen molar-refractivity contribution in [1.29, 1.82) is 0 Å². The molecule has 4 rings (SSSR count). The minimum absolute atomic E-state index is 0.188. The lowest BCUT2D eigenvalue weighted by atomic mass is 9.94. The van der Waals surface area contributed by atoms with E-state index in [1.165, 1.54) is 12.1 Å². The van der Waals surface area contributed by atoms with E-state index in [1.807, 2.05) is 18.2 Å². The number of esters is 1. The smallest absolute Gasteiger partial charge is 0.338 e. The van der Waals surface area contributed by atoms with Gasteiger partial charge in [-0.3, -0.25) is 14.9 Å². The molecule has 0 spiro atoms. The molecule has 1 fully saturated rings. The van der Waals surface area contributed by atoms with E-state index in [0.717, 1.165) is 13.1 Å². The van der Waals surface area contributed by atoms with Crippen molar-refractivity contribution in [3.05, 3.63) is 76.0 Å². The molecule has 7 nitrogen and oxygen atoms in total. The molecule has 0 amide bonds. The zero-order valence-corrected chi connectivity index (χ0v) is 18.4. The van der Waals surface area contributed by atoms with Crippen LogP contribution in [-0.2, 0) is 14.3 Å². The standard InChI is InChI=1S/C23H24ClFN4O3/c1-2-32-23(30)20-19(14-29-9-11-31-12-10-29)27-22(18-5-3-4-8-26-18)28-21(20)16-7-6-15(25)13-17(16)24/h3-8,13,21H,2,9-12,14H2,1H3,(H,27,28). The Morgan fingerprint density at radius 2 is 2.12 bits per heavy atom. The fourth-order valence-electron chi connectivity index (χ4n) is 3.73. The van der Waals surface area contributed by atoms with Gasteiger partial charge in [-0.1, -0.05) is 23.7 Å². The van der Waals surface area contributed by atoms with Gasteiger partial charge in [-0.2, -0.15) is 0 Å². The van der Waals surface area contributed by atoms with Crippen LogP contribution in [0.2, 0.25) is 5.02 Å². The fraction of sp³-hybridized carbons (Fsp3) is 0.348. The van der Waals surface area contributed by atoms with Crippen LogP contribution in [0.5, 0.6) is 0 Å². The first-order valence-electron chi connectivity index (χ1n) is 10.5. The molecule has 0 saturated carbocycles. The van der Waals surface area contributed by atoms with E-state index >= 15 is 0 Å². The van der Waals surface area contributed by atoms with E-state index in [9.17, 15) is 9.18 Å². The first-order chi connectivity index (χ1) is 15.6. The minimum Gasteiger partial charge on any atom is -0.463 e. The lowest BCUT2D eigenvalue weighted by molar-refractivity contribution is -0.139. The van der Waals surface area contributed by atoms with Crippen LogP contribution in [-0.4, -0.2) is 61.1 Å². The van der Waals surface area contributed by atoms with Crippen molar-refractivity contribution in [2.75, 3.05) is 39.5 Å². The molecule has 1 saturated heterocycles. The number of ether oxygens (including phenoxy) is 2. The summed E-state index contributed by atoms with van der Waals surface area (Å²) >= 11 is 6.40. The summed E-state index contributed by atoms with van der Waals surface area (Å²) in [5.74, 6) is -0.443. The summed E-state index contributed by atoms with van der Waals surface area (Å²) in [7, 11) is 0. The summed E-state index contributed by atoms with van der Waals surface area (Å²) in [6.45, 7) is 5.15. The number of amidine groups is 1. The van der Waals surface area contributed by atoms with Crippen molar-refractivity contribution < 1.29 is 18.7 Å². The largest absolute Gasteiger partial charge is 0.463 e. The van der Waals surface area contributed by atoms with Crippen molar-refractivity contribution in [2.45, 2.75) is 13.0 Å². The van der Waals surface area contributed by atoms with Crippen LogP contribution in [0.3, 0.4) is 0 Å². The zero-order valence-electron chi connectivity index (χ0n) is 17.7. The van der Waals surface area contributed by atoms with Crippen LogP contribution in [0.25, 0.3) is 0 Å². The topological polar surface area (TPSA) is 76.0 Å². The highest BCUT2D eigenvalue weighted by molar-refractivity contribution is 6.31. The second-order valence-electron chi connectivity index (χ2n) is 7.39. The number of nitrogens with zero attached hydrogens (tertiary/aromatic N) is 3. The van der Waals surface area contributed by atoms with E-state index in [1.54, 1.807) is 19.2 Å². The third-order valence-corrected chi connectivity index (χ3v) is 5.60. The van der Waals surface area contributed by atoms with Gasteiger partial charge in [0, 0.05) is 42.1 Å². The Morgan fingerprint density at radius 1 is 1.31 bits per heavy atom. The van der Waals surface area contributed by atoms with Crippen LogP contribution in [0, 0.1) is 5.82 Å². The highest BCUT2D eigenvalue weighted by Gasteiger charge is 2.34. The van der Waals surface area contributed by atoms with Crippen molar-refractivity contribution in [2.24, 2.45) is 4.99 Å². The molecule has 0 radical (unpaired) electrons. The highest BCUT2D eigenvalue weighted by atomic mass is 35.5. The van der Waals surface area contributed by atoms with Crippen LogP contribution < -0.4 is 5.32 Å². The number of hydrogen-bond donors (Lipinski definition) is 1. The summed E-state index contributed by atoms with van der Waals surface area (Å²) in [6, 6.07) is 8.82. The molecule has 168 valence electrons. The number of carbonyl (C=O) groups is 1. The van der Waals surface area contributed by atoms with Crippen molar-refractivity contribution in [1.82, 2.24) is 15.2 Å². The van der Waals surface area contributed by atoms with Gasteiger partial charge in [0.25, 0.3) is 0 Å². The average Bonchev–Trinajstić information content (AvgIpc) is 2.80. The predicted octanol–water partition coefficient (Wildman–Crippen LogP) is 3.11. The summed E-state index contributed by atoms with van der Waals surface area (Å²) < 4.78 is 24.6. The van der Waals surface area contributed by atoms with Gasteiger partial charge in [0.2, 0.25) is 0 Å². The Hall–Kier alpha value is -2.81. The van der Waals surface area contributed by atoms with Gasteiger partial charge in [-0.25, -0.2) is 9.18 Å². The highest BCUT2D eigenvalue weighted by Crippen LogP contribution is 2.36. The molecular formula is C23H24ClFN4O3. The first-order valence-corrected chi connectivity index (χ1v) is 10.9. The van der Waals surface area contributed by atoms with Crippen LogP contribution in [0.4, 0.5) is 4.39 Å². The normalized spacial score (nSPS) is 19.3. The summed E-state index contributed by atoms with van der Waals surface area (Å²) in [6.07, 6.45) is 1.67. The molecule has 1 atom stereocenters. The van der Waals surface area contributed by atoms with E-state index in [4.69, 9.17) is 26.1 Å².